The van der Waals surface area contributed by atoms with Gasteiger partial charge in [-0.15, -0.1) is 0 Å². The van der Waals surface area contributed by atoms with Crippen molar-refractivity contribution < 1.29 is 4.92 Å². The number of aromatic nitrogens is 1. The van der Waals surface area contributed by atoms with Gasteiger partial charge in [0.15, 0.2) is 0 Å². The summed E-state index contributed by atoms with van der Waals surface area (Å²) in [7, 11) is 4.07. The smallest absolute Gasteiger partial charge is 0.288 e. The number of halogens is 1. The first kappa shape index (κ1) is 20.5. The van der Waals surface area contributed by atoms with Gasteiger partial charge in [-0.25, -0.2) is 0 Å². The molecule has 1 aliphatic heterocycles. The largest absolute Gasteiger partial charge is 0.378 e. The van der Waals surface area contributed by atoms with Gasteiger partial charge >= 0.3 is 0 Å². The molecule has 0 bridgehead atoms. The molecule has 5 rings (SSSR count). The molecule has 2 atom stereocenters. The molecule has 0 amide bonds. The molecule has 6 nitrogen and oxygen atoms in total. The van der Waals surface area contributed by atoms with Gasteiger partial charge in [-0.05, 0) is 41.0 Å². The van der Waals surface area contributed by atoms with Gasteiger partial charge in [0.05, 0.1) is 11.0 Å². The molecule has 3 aromatic carbocycles. The predicted molar refractivity (Wildman–Crippen MR) is 129 cm³/mol. The summed E-state index contributed by atoms with van der Waals surface area (Å²) in [5, 5.41) is 16.4. The van der Waals surface area contributed by atoms with Crippen LogP contribution >= 0.6 is 11.6 Å². The van der Waals surface area contributed by atoms with Crippen molar-refractivity contribution in [1.82, 2.24) is 10.3 Å². The van der Waals surface area contributed by atoms with E-state index in [4.69, 9.17) is 11.6 Å². The molecular weight excluding hydrogens is 424 g/mol. The topological polar surface area (TPSA) is 74.2 Å². The van der Waals surface area contributed by atoms with Crippen molar-refractivity contribution in [3.8, 4) is 0 Å². The highest BCUT2D eigenvalue weighted by Crippen LogP contribution is 2.42. The van der Waals surface area contributed by atoms with E-state index >= 15 is 0 Å². The first-order valence-corrected chi connectivity index (χ1v) is 10.9. The summed E-state index contributed by atoms with van der Waals surface area (Å²) in [4.78, 5) is 16.7. The quantitative estimate of drug-likeness (QED) is 0.315. The van der Waals surface area contributed by atoms with E-state index in [-0.39, 0.29) is 22.7 Å². The summed E-state index contributed by atoms with van der Waals surface area (Å²) in [6.45, 7) is 0.719. The number of hydrogen-bond donors (Lipinski definition) is 2. The Balaban J connectivity index is 1.64. The van der Waals surface area contributed by atoms with E-state index in [1.54, 1.807) is 12.1 Å². The number of hydrogen-bond acceptors (Lipinski definition) is 4. The van der Waals surface area contributed by atoms with Crippen molar-refractivity contribution in [3.05, 3.63) is 104 Å². The summed E-state index contributed by atoms with van der Waals surface area (Å²) >= 11 is 6.06. The molecule has 0 spiro atoms. The number of nitrogens with one attached hydrogen (secondary N) is 2. The van der Waals surface area contributed by atoms with E-state index in [0.717, 1.165) is 29.0 Å². The summed E-state index contributed by atoms with van der Waals surface area (Å²) < 4.78 is 0. The minimum atomic E-state index is -0.435. The minimum absolute atomic E-state index is 0.0787. The second-order valence-electron chi connectivity index (χ2n) is 8.35. The van der Waals surface area contributed by atoms with Gasteiger partial charge in [-0.3, -0.25) is 10.1 Å². The third kappa shape index (κ3) is 3.42. The third-order valence-corrected chi connectivity index (χ3v) is 6.57. The van der Waals surface area contributed by atoms with Crippen LogP contribution < -0.4 is 10.2 Å². The summed E-state index contributed by atoms with van der Waals surface area (Å²) in [6.07, 6.45) is 0. The standard InChI is InChI=1S/C25H23ClN4O2/c1-29(2)17-10-7-15(8-11-17)19-14-27-24(16-9-12-20(26)22(13-16)30(31)32)25-23(19)18-5-3-4-6-21(18)28-25/h3-13,19,24,27-28H,14H2,1-2H3/t19-,24-/m1/s1. The monoisotopic (exact) mass is 446 g/mol. The Morgan fingerprint density at radius 3 is 2.47 bits per heavy atom. The number of aromatic amines is 1. The van der Waals surface area contributed by atoms with Gasteiger partial charge in [-0.2, -0.15) is 0 Å². The number of nitrogens with zero attached hydrogens (tertiary/aromatic N) is 2. The molecule has 32 heavy (non-hydrogen) atoms. The predicted octanol–water partition coefficient (Wildman–Crippen LogP) is 5.62. The second-order valence-corrected chi connectivity index (χ2v) is 8.75. The van der Waals surface area contributed by atoms with Crippen molar-refractivity contribution in [2.45, 2.75) is 12.0 Å². The fourth-order valence-electron chi connectivity index (χ4n) is 4.65. The van der Waals surface area contributed by atoms with E-state index in [1.807, 2.05) is 32.3 Å². The van der Waals surface area contributed by atoms with Crippen LogP contribution in [0, 0.1) is 10.1 Å². The van der Waals surface area contributed by atoms with Crippen LogP contribution in [-0.2, 0) is 0 Å². The number of benzene rings is 3. The van der Waals surface area contributed by atoms with Crippen LogP contribution in [0.25, 0.3) is 10.9 Å². The maximum absolute atomic E-state index is 11.4. The molecule has 1 aromatic heterocycles. The van der Waals surface area contributed by atoms with E-state index in [2.05, 4.69) is 51.6 Å². The SMILES string of the molecule is CN(C)c1ccc([C@H]2CN[C@H](c3ccc(Cl)c([N+](=O)[O-])c3)c3[nH]c4ccccc4c32)cc1. The Morgan fingerprint density at radius 1 is 1.03 bits per heavy atom. The van der Waals surface area contributed by atoms with Crippen molar-refractivity contribution in [3.63, 3.8) is 0 Å². The molecule has 1 aliphatic rings. The van der Waals surface area contributed by atoms with Crippen LogP contribution in [0.5, 0.6) is 0 Å². The van der Waals surface area contributed by atoms with Gasteiger partial charge in [0.1, 0.15) is 5.02 Å². The number of nitro benzene ring substituents is 1. The Labute approximate surface area is 191 Å². The summed E-state index contributed by atoms with van der Waals surface area (Å²) in [5.41, 5.74) is 6.46. The minimum Gasteiger partial charge on any atom is -0.378 e. The normalized spacial score (nSPS) is 17.8. The molecule has 0 fully saturated rings. The maximum Gasteiger partial charge on any atom is 0.288 e. The molecule has 4 aromatic rings. The van der Waals surface area contributed by atoms with Gasteiger partial charge < -0.3 is 15.2 Å². The number of fused-ring (bicyclic) bond motifs is 3. The van der Waals surface area contributed by atoms with Crippen LogP contribution in [0.4, 0.5) is 11.4 Å². The summed E-state index contributed by atoms with van der Waals surface area (Å²) in [5.74, 6) is 0.163. The van der Waals surface area contributed by atoms with Crippen LogP contribution in [0.3, 0.4) is 0 Å². The molecule has 0 unspecified atom stereocenters. The van der Waals surface area contributed by atoms with Crippen LogP contribution in [0.15, 0.2) is 66.7 Å². The fourth-order valence-corrected chi connectivity index (χ4v) is 4.84. The van der Waals surface area contributed by atoms with E-state index in [1.165, 1.54) is 16.5 Å². The molecular formula is C25H23ClN4O2. The Hall–Kier alpha value is -3.35. The molecule has 0 saturated heterocycles. The van der Waals surface area contributed by atoms with Crippen LogP contribution in [0.1, 0.15) is 34.3 Å². The van der Waals surface area contributed by atoms with Crippen molar-refractivity contribution >= 4 is 33.9 Å². The molecule has 162 valence electrons. The third-order valence-electron chi connectivity index (χ3n) is 6.25. The van der Waals surface area contributed by atoms with Crippen molar-refractivity contribution in [2.24, 2.45) is 0 Å². The summed E-state index contributed by atoms with van der Waals surface area (Å²) in [6, 6.07) is 21.7. The van der Waals surface area contributed by atoms with Gasteiger partial charge in [-0.1, -0.05) is 48.0 Å². The second kappa shape index (κ2) is 7.97. The van der Waals surface area contributed by atoms with E-state index < -0.39 is 4.92 Å². The Morgan fingerprint density at radius 2 is 1.75 bits per heavy atom. The zero-order valence-corrected chi connectivity index (χ0v) is 18.6. The highest BCUT2D eigenvalue weighted by Gasteiger charge is 2.33. The van der Waals surface area contributed by atoms with E-state index in [0.29, 0.717) is 0 Å². The van der Waals surface area contributed by atoms with Gasteiger partial charge in [0.2, 0.25) is 0 Å². The molecule has 0 aliphatic carbocycles. The molecule has 0 radical (unpaired) electrons. The molecule has 0 saturated carbocycles. The number of anilines is 1. The average Bonchev–Trinajstić information content (AvgIpc) is 3.18. The maximum atomic E-state index is 11.4. The first-order chi connectivity index (χ1) is 15.4. The van der Waals surface area contributed by atoms with Gasteiger partial charge in [0, 0.05) is 54.9 Å². The number of rotatable bonds is 4. The number of nitro groups is 1. The lowest BCUT2D eigenvalue weighted by Gasteiger charge is -2.31. The molecule has 7 heteroatoms. The average molecular weight is 447 g/mol. The highest BCUT2D eigenvalue weighted by molar-refractivity contribution is 6.32. The van der Waals surface area contributed by atoms with Crippen molar-refractivity contribution in [2.75, 3.05) is 25.5 Å². The molecule has 2 heterocycles. The lowest BCUT2D eigenvalue weighted by Crippen LogP contribution is -2.34. The van der Waals surface area contributed by atoms with Crippen LogP contribution in [-0.4, -0.2) is 30.5 Å². The zero-order chi connectivity index (χ0) is 22.4. The molecule has 2 N–H and O–H groups in total. The fraction of sp³-hybridized carbons (Fsp3) is 0.200. The van der Waals surface area contributed by atoms with E-state index in [9.17, 15) is 10.1 Å². The van der Waals surface area contributed by atoms with Crippen molar-refractivity contribution in [1.29, 1.82) is 0 Å². The lowest BCUT2D eigenvalue weighted by molar-refractivity contribution is -0.384. The number of H-pyrrole nitrogens is 1. The first-order valence-electron chi connectivity index (χ1n) is 10.5. The Kier molecular flexibility index (Phi) is 5.12. The zero-order valence-electron chi connectivity index (χ0n) is 17.8. The number of para-hydroxylation sites is 1. The highest BCUT2D eigenvalue weighted by atomic mass is 35.5. The lowest BCUT2D eigenvalue weighted by atomic mass is 9.83. The van der Waals surface area contributed by atoms with Crippen LogP contribution in [0.2, 0.25) is 5.02 Å². The van der Waals surface area contributed by atoms with Gasteiger partial charge in [0.25, 0.3) is 5.69 Å². The Bertz CT molecular complexity index is 1310.